The predicted molar refractivity (Wildman–Crippen MR) is 85.7 cm³/mol. The van der Waals surface area contributed by atoms with E-state index in [1.807, 2.05) is 0 Å². The third kappa shape index (κ3) is 5.15. The van der Waals surface area contributed by atoms with Crippen molar-refractivity contribution >= 4 is 36.4 Å². The Kier molecular flexibility index (Phi) is 8.53. The van der Waals surface area contributed by atoms with Crippen molar-refractivity contribution in [1.82, 2.24) is 15.2 Å². The first kappa shape index (κ1) is 19.0. The molecular weight excluding hydrogens is 299 g/mol. The van der Waals surface area contributed by atoms with E-state index in [-0.39, 0.29) is 30.7 Å². The third-order valence-electron chi connectivity index (χ3n) is 3.25. The lowest BCUT2D eigenvalue weighted by molar-refractivity contribution is 0.0948. The van der Waals surface area contributed by atoms with Crippen molar-refractivity contribution in [2.75, 3.05) is 25.4 Å². The number of rotatable bonds is 6. The molecule has 0 aliphatic heterocycles. The molecule has 20 heavy (non-hydrogen) atoms. The number of anilines is 1. The van der Waals surface area contributed by atoms with Crippen molar-refractivity contribution in [1.29, 1.82) is 0 Å². The van der Waals surface area contributed by atoms with Crippen LogP contribution < -0.4 is 11.1 Å². The maximum atomic E-state index is 11.9. The highest BCUT2D eigenvalue weighted by Crippen LogP contribution is 2.25. The second-order valence-electron chi connectivity index (χ2n) is 4.58. The number of amides is 1. The molecule has 1 aromatic rings. The van der Waals surface area contributed by atoms with Gasteiger partial charge in [0.2, 0.25) is 0 Å². The molecule has 5 nitrogen and oxygen atoms in total. The Hall–Kier alpha value is -1.04. The van der Waals surface area contributed by atoms with Crippen molar-refractivity contribution in [3.05, 3.63) is 24.0 Å². The van der Waals surface area contributed by atoms with Gasteiger partial charge < -0.3 is 11.1 Å². The highest BCUT2D eigenvalue weighted by Gasteiger charge is 2.27. The Labute approximate surface area is 132 Å². The summed E-state index contributed by atoms with van der Waals surface area (Å²) in [6, 6.07) is 2.37. The standard InChI is InChI=1S/C13H20N4O.2ClH/c1-2-17(10-3-4-10)8-7-16-13(18)11-9-15-6-5-12(11)14;;/h5-6,9-10H,2-4,7-8H2,1H3,(H2,14,15)(H,16,18);2*1H. The summed E-state index contributed by atoms with van der Waals surface area (Å²) in [5.41, 5.74) is 6.65. The molecule has 0 atom stereocenters. The van der Waals surface area contributed by atoms with Crippen molar-refractivity contribution in [3.63, 3.8) is 0 Å². The van der Waals surface area contributed by atoms with Gasteiger partial charge in [-0.05, 0) is 25.5 Å². The fraction of sp³-hybridized carbons (Fsp3) is 0.538. The van der Waals surface area contributed by atoms with Crippen LogP contribution in [0.15, 0.2) is 18.5 Å². The summed E-state index contributed by atoms with van der Waals surface area (Å²) >= 11 is 0. The van der Waals surface area contributed by atoms with E-state index >= 15 is 0 Å². The van der Waals surface area contributed by atoms with Crippen molar-refractivity contribution in [2.24, 2.45) is 0 Å². The molecule has 3 N–H and O–H groups in total. The van der Waals surface area contributed by atoms with Gasteiger partial charge in [-0.2, -0.15) is 0 Å². The number of carbonyl (C=O) groups is 1. The van der Waals surface area contributed by atoms with Gasteiger partial charge in [0.25, 0.3) is 5.91 Å². The largest absolute Gasteiger partial charge is 0.398 e. The number of nitrogens with zero attached hydrogens (tertiary/aromatic N) is 2. The zero-order valence-electron chi connectivity index (χ0n) is 11.5. The maximum Gasteiger partial charge on any atom is 0.254 e. The van der Waals surface area contributed by atoms with Crippen LogP contribution in [-0.4, -0.2) is 41.5 Å². The molecule has 1 heterocycles. The van der Waals surface area contributed by atoms with Crippen LogP contribution in [0.5, 0.6) is 0 Å². The van der Waals surface area contributed by atoms with Gasteiger partial charge in [-0.1, -0.05) is 6.92 Å². The van der Waals surface area contributed by atoms with Gasteiger partial charge >= 0.3 is 0 Å². The number of likely N-dealkylation sites (N-methyl/N-ethyl adjacent to an activating group) is 1. The molecule has 1 aliphatic carbocycles. The second-order valence-corrected chi connectivity index (χ2v) is 4.58. The zero-order valence-corrected chi connectivity index (χ0v) is 13.2. The SMILES string of the molecule is CCN(CCNC(=O)c1cnccc1N)C1CC1.Cl.Cl. The topological polar surface area (TPSA) is 71.2 Å². The first-order valence-electron chi connectivity index (χ1n) is 6.44. The predicted octanol–water partition coefficient (Wildman–Crippen LogP) is 1.72. The number of hydrogen-bond acceptors (Lipinski definition) is 4. The molecule has 7 heteroatoms. The molecule has 1 amide bonds. The minimum absolute atomic E-state index is 0. The number of halogens is 2. The number of carbonyl (C=O) groups excluding carboxylic acids is 1. The van der Waals surface area contributed by atoms with E-state index in [0.717, 1.165) is 19.1 Å². The molecule has 114 valence electrons. The summed E-state index contributed by atoms with van der Waals surface area (Å²) in [4.78, 5) is 18.2. The molecule has 0 aromatic carbocycles. The summed E-state index contributed by atoms with van der Waals surface area (Å²) < 4.78 is 0. The molecule has 1 saturated carbocycles. The number of hydrogen-bond donors (Lipinski definition) is 2. The van der Waals surface area contributed by atoms with Gasteiger partial charge in [-0.15, -0.1) is 24.8 Å². The van der Waals surface area contributed by atoms with E-state index in [2.05, 4.69) is 22.1 Å². The van der Waals surface area contributed by atoms with Crippen LogP contribution in [0.2, 0.25) is 0 Å². The Balaban J connectivity index is 0.00000180. The van der Waals surface area contributed by atoms with E-state index < -0.39 is 0 Å². The minimum atomic E-state index is -0.146. The van der Waals surface area contributed by atoms with Crippen LogP contribution in [0.25, 0.3) is 0 Å². The van der Waals surface area contributed by atoms with Crippen LogP contribution in [0.3, 0.4) is 0 Å². The molecule has 0 radical (unpaired) electrons. The molecule has 1 aliphatic rings. The summed E-state index contributed by atoms with van der Waals surface area (Å²) in [6.07, 6.45) is 5.66. The van der Waals surface area contributed by atoms with E-state index in [0.29, 0.717) is 17.8 Å². The van der Waals surface area contributed by atoms with E-state index in [4.69, 9.17) is 5.73 Å². The average molecular weight is 321 g/mol. The van der Waals surface area contributed by atoms with Gasteiger partial charge in [0.1, 0.15) is 0 Å². The van der Waals surface area contributed by atoms with Gasteiger partial charge in [0.05, 0.1) is 5.56 Å². The van der Waals surface area contributed by atoms with Gasteiger partial charge in [0.15, 0.2) is 0 Å². The number of nitrogen functional groups attached to an aromatic ring is 1. The first-order valence-corrected chi connectivity index (χ1v) is 6.44. The number of aromatic nitrogens is 1. The van der Waals surface area contributed by atoms with Crippen molar-refractivity contribution < 1.29 is 4.79 Å². The quantitative estimate of drug-likeness (QED) is 0.837. The van der Waals surface area contributed by atoms with Gasteiger partial charge in [0, 0.05) is 37.2 Å². The summed E-state index contributed by atoms with van der Waals surface area (Å²) in [7, 11) is 0. The first-order chi connectivity index (χ1) is 8.72. The van der Waals surface area contributed by atoms with Crippen LogP contribution in [-0.2, 0) is 0 Å². The van der Waals surface area contributed by atoms with Crippen LogP contribution >= 0.6 is 24.8 Å². The Morgan fingerprint density at radius 2 is 2.20 bits per heavy atom. The number of nitrogens with two attached hydrogens (primary N) is 1. The number of pyridine rings is 1. The molecule has 0 spiro atoms. The van der Waals surface area contributed by atoms with Crippen molar-refractivity contribution in [2.45, 2.75) is 25.8 Å². The van der Waals surface area contributed by atoms with E-state index in [1.165, 1.54) is 19.0 Å². The van der Waals surface area contributed by atoms with Crippen LogP contribution in [0.1, 0.15) is 30.1 Å². The highest BCUT2D eigenvalue weighted by atomic mass is 35.5. The van der Waals surface area contributed by atoms with Gasteiger partial charge in [-0.25, -0.2) is 0 Å². The van der Waals surface area contributed by atoms with Crippen LogP contribution in [0.4, 0.5) is 5.69 Å². The monoisotopic (exact) mass is 320 g/mol. The molecule has 0 saturated heterocycles. The Morgan fingerprint density at radius 1 is 1.50 bits per heavy atom. The van der Waals surface area contributed by atoms with Crippen LogP contribution in [0, 0.1) is 0 Å². The fourth-order valence-electron chi connectivity index (χ4n) is 2.04. The minimum Gasteiger partial charge on any atom is -0.398 e. The lowest BCUT2D eigenvalue weighted by Gasteiger charge is -2.19. The lowest BCUT2D eigenvalue weighted by Crippen LogP contribution is -2.36. The summed E-state index contributed by atoms with van der Waals surface area (Å²) in [5.74, 6) is -0.146. The summed E-state index contributed by atoms with van der Waals surface area (Å²) in [6.45, 7) is 4.74. The normalized spacial score (nSPS) is 13.3. The Bertz CT molecular complexity index is 427. The van der Waals surface area contributed by atoms with Gasteiger partial charge in [-0.3, -0.25) is 14.7 Å². The molecule has 2 rings (SSSR count). The molecule has 0 bridgehead atoms. The molecular formula is C13H22Cl2N4O. The number of nitrogens with one attached hydrogen (secondary N) is 1. The maximum absolute atomic E-state index is 11.9. The zero-order chi connectivity index (χ0) is 13.0. The second kappa shape index (κ2) is 9.00. The lowest BCUT2D eigenvalue weighted by atomic mass is 10.2. The van der Waals surface area contributed by atoms with E-state index in [1.54, 1.807) is 12.3 Å². The average Bonchev–Trinajstić information content (AvgIpc) is 3.19. The fourth-order valence-corrected chi connectivity index (χ4v) is 2.04. The molecule has 1 fully saturated rings. The molecule has 0 unspecified atom stereocenters. The Morgan fingerprint density at radius 3 is 2.75 bits per heavy atom. The summed E-state index contributed by atoms with van der Waals surface area (Å²) in [5, 5.41) is 2.89. The third-order valence-corrected chi connectivity index (χ3v) is 3.25. The van der Waals surface area contributed by atoms with Crippen molar-refractivity contribution in [3.8, 4) is 0 Å². The van der Waals surface area contributed by atoms with E-state index in [9.17, 15) is 4.79 Å². The highest BCUT2D eigenvalue weighted by molar-refractivity contribution is 5.98. The molecule has 1 aromatic heterocycles. The smallest absolute Gasteiger partial charge is 0.254 e.